The Morgan fingerprint density at radius 3 is 2.67 bits per heavy atom. The number of carbonyl (C=O) groups is 1. The number of benzene rings is 2. The number of hydrogen-bond donors (Lipinski definition) is 1. The third-order valence-corrected chi connectivity index (χ3v) is 5.19. The third-order valence-electron chi connectivity index (χ3n) is 3.22. The second-order valence-corrected chi connectivity index (χ2v) is 7.26. The molecule has 122 valence electrons. The van der Waals surface area contributed by atoms with Gasteiger partial charge in [-0.05, 0) is 19.1 Å². The lowest BCUT2D eigenvalue weighted by Gasteiger charge is -2.02. The van der Waals surface area contributed by atoms with E-state index in [2.05, 4.69) is 15.5 Å². The van der Waals surface area contributed by atoms with E-state index < -0.39 is 0 Å². The van der Waals surface area contributed by atoms with Crippen LogP contribution in [0, 0.1) is 12.7 Å². The Kier molecular flexibility index (Phi) is 5.22. The first kappa shape index (κ1) is 16.6. The summed E-state index contributed by atoms with van der Waals surface area (Å²) in [6, 6.07) is 13.8. The van der Waals surface area contributed by atoms with Gasteiger partial charge in [-0.15, -0.1) is 10.2 Å². The number of carbonyl (C=O) groups excluding carboxylic acids is 1. The summed E-state index contributed by atoms with van der Waals surface area (Å²) in [7, 11) is 0. The lowest BCUT2D eigenvalue weighted by atomic mass is 10.1. The molecule has 1 aromatic heterocycles. The predicted molar refractivity (Wildman–Crippen MR) is 95.8 cm³/mol. The van der Waals surface area contributed by atoms with Crippen molar-refractivity contribution in [3.8, 4) is 0 Å². The summed E-state index contributed by atoms with van der Waals surface area (Å²) in [5.74, 6) is -0.0209. The maximum absolute atomic E-state index is 13.6. The molecule has 0 amide bonds. The van der Waals surface area contributed by atoms with Crippen LogP contribution in [0.3, 0.4) is 0 Å². The number of Topliss-reactive ketones (excluding diaryl/α,β-unsaturated/α-hetero) is 1. The van der Waals surface area contributed by atoms with Crippen molar-refractivity contribution in [2.45, 2.75) is 11.3 Å². The minimum Gasteiger partial charge on any atom is -0.328 e. The number of anilines is 2. The molecule has 0 atom stereocenters. The number of rotatable bonds is 6. The normalized spacial score (nSPS) is 10.6. The van der Waals surface area contributed by atoms with Gasteiger partial charge in [-0.1, -0.05) is 65.1 Å². The second kappa shape index (κ2) is 7.55. The molecule has 3 aromatic rings. The molecule has 24 heavy (non-hydrogen) atoms. The fourth-order valence-electron chi connectivity index (χ4n) is 1.95. The van der Waals surface area contributed by atoms with Gasteiger partial charge in [-0.25, -0.2) is 4.39 Å². The number of aromatic nitrogens is 2. The Morgan fingerprint density at radius 2 is 1.92 bits per heavy atom. The van der Waals surface area contributed by atoms with Crippen molar-refractivity contribution in [2.75, 3.05) is 11.1 Å². The Hall–Kier alpha value is -2.25. The summed E-state index contributed by atoms with van der Waals surface area (Å²) in [5, 5.41) is 11.4. The minimum atomic E-state index is -0.351. The molecule has 0 radical (unpaired) electrons. The van der Waals surface area contributed by atoms with E-state index in [0.717, 1.165) is 5.56 Å². The van der Waals surface area contributed by atoms with E-state index in [9.17, 15) is 9.18 Å². The van der Waals surface area contributed by atoms with E-state index in [1.54, 1.807) is 18.2 Å². The number of nitrogens with zero attached hydrogens (tertiary/aromatic N) is 2. The number of hydrogen-bond acceptors (Lipinski definition) is 6. The molecule has 0 unspecified atom stereocenters. The van der Waals surface area contributed by atoms with Gasteiger partial charge >= 0.3 is 0 Å². The molecule has 0 saturated carbocycles. The van der Waals surface area contributed by atoms with Gasteiger partial charge in [0.25, 0.3) is 0 Å². The van der Waals surface area contributed by atoms with Crippen molar-refractivity contribution in [2.24, 2.45) is 0 Å². The monoisotopic (exact) mass is 359 g/mol. The van der Waals surface area contributed by atoms with E-state index in [-0.39, 0.29) is 17.4 Å². The first-order valence-electron chi connectivity index (χ1n) is 7.19. The van der Waals surface area contributed by atoms with E-state index in [4.69, 9.17) is 0 Å². The Morgan fingerprint density at radius 1 is 1.17 bits per heavy atom. The standard InChI is InChI=1S/C17H14FN3OS2/c1-11-6-8-12(9-7-11)15(22)10-23-17-21-20-16(24-17)19-14-5-3-2-4-13(14)18/h2-9H,10H2,1H3,(H,19,20). The van der Waals surface area contributed by atoms with Crippen LogP contribution in [0.1, 0.15) is 15.9 Å². The summed E-state index contributed by atoms with van der Waals surface area (Å²) >= 11 is 2.61. The van der Waals surface area contributed by atoms with Crippen LogP contribution in [0.5, 0.6) is 0 Å². The lowest BCUT2D eigenvalue weighted by Crippen LogP contribution is -2.01. The topological polar surface area (TPSA) is 54.9 Å². The first-order chi connectivity index (χ1) is 11.6. The molecule has 0 bridgehead atoms. The van der Waals surface area contributed by atoms with E-state index in [0.29, 0.717) is 20.7 Å². The van der Waals surface area contributed by atoms with E-state index >= 15 is 0 Å². The van der Waals surface area contributed by atoms with Crippen LogP contribution < -0.4 is 5.32 Å². The fourth-order valence-corrected chi connectivity index (χ4v) is 3.61. The number of aryl methyl sites for hydroxylation is 1. The average Bonchev–Trinajstić information content (AvgIpc) is 3.03. The van der Waals surface area contributed by atoms with Crippen LogP contribution in [-0.2, 0) is 0 Å². The SMILES string of the molecule is Cc1ccc(C(=O)CSc2nnc(Nc3ccccc3F)s2)cc1. The summed E-state index contributed by atoms with van der Waals surface area (Å²) in [5.41, 5.74) is 2.15. The highest BCUT2D eigenvalue weighted by Gasteiger charge is 2.11. The molecule has 2 aromatic carbocycles. The smallest absolute Gasteiger partial charge is 0.210 e. The quantitative estimate of drug-likeness (QED) is 0.510. The molecule has 4 nitrogen and oxygen atoms in total. The largest absolute Gasteiger partial charge is 0.328 e. The minimum absolute atomic E-state index is 0.0406. The third kappa shape index (κ3) is 4.18. The van der Waals surface area contributed by atoms with Gasteiger partial charge in [0.2, 0.25) is 5.13 Å². The number of nitrogens with one attached hydrogen (secondary N) is 1. The maximum Gasteiger partial charge on any atom is 0.210 e. The van der Waals surface area contributed by atoms with Gasteiger partial charge in [0.15, 0.2) is 10.1 Å². The van der Waals surface area contributed by atoms with Crippen molar-refractivity contribution >= 4 is 39.7 Å². The van der Waals surface area contributed by atoms with Gasteiger partial charge in [0, 0.05) is 5.56 Å². The average molecular weight is 359 g/mol. The maximum atomic E-state index is 13.6. The summed E-state index contributed by atoms with van der Waals surface area (Å²) < 4.78 is 14.3. The van der Waals surface area contributed by atoms with Gasteiger partial charge in [0.05, 0.1) is 11.4 Å². The predicted octanol–water partition coefficient (Wildman–Crippen LogP) is 4.70. The summed E-state index contributed by atoms with van der Waals surface area (Å²) in [4.78, 5) is 12.1. The number of ketones is 1. The van der Waals surface area contributed by atoms with E-state index in [1.807, 2.05) is 31.2 Å². The first-order valence-corrected chi connectivity index (χ1v) is 9.00. The zero-order valence-corrected chi connectivity index (χ0v) is 14.5. The van der Waals surface area contributed by atoms with Crippen molar-refractivity contribution in [1.82, 2.24) is 10.2 Å². The molecule has 0 aliphatic heterocycles. The highest BCUT2D eigenvalue weighted by molar-refractivity contribution is 8.01. The van der Waals surface area contributed by atoms with Crippen molar-refractivity contribution in [3.63, 3.8) is 0 Å². The molecule has 7 heteroatoms. The number of halogens is 1. The molecular formula is C17H14FN3OS2. The lowest BCUT2D eigenvalue weighted by molar-refractivity contribution is 0.102. The summed E-state index contributed by atoms with van der Waals surface area (Å²) in [6.07, 6.45) is 0. The van der Waals surface area contributed by atoms with Gasteiger partial charge in [0.1, 0.15) is 5.82 Å². The molecule has 0 spiro atoms. The van der Waals surface area contributed by atoms with Crippen LogP contribution in [0.2, 0.25) is 0 Å². The Bertz CT molecular complexity index is 849. The fraction of sp³-hybridized carbons (Fsp3) is 0.118. The molecular weight excluding hydrogens is 345 g/mol. The highest BCUT2D eigenvalue weighted by Crippen LogP contribution is 2.28. The number of thioether (sulfide) groups is 1. The number of para-hydroxylation sites is 1. The van der Waals surface area contributed by atoms with Crippen LogP contribution >= 0.6 is 23.1 Å². The van der Waals surface area contributed by atoms with E-state index in [1.165, 1.54) is 29.2 Å². The van der Waals surface area contributed by atoms with Gasteiger partial charge < -0.3 is 5.32 Å². The van der Waals surface area contributed by atoms with Crippen LogP contribution in [0.15, 0.2) is 52.9 Å². The Balaban J connectivity index is 1.59. The Labute approximate surface area is 147 Å². The van der Waals surface area contributed by atoms with Crippen LogP contribution in [-0.4, -0.2) is 21.7 Å². The zero-order chi connectivity index (χ0) is 16.9. The van der Waals surface area contributed by atoms with Gasteiger partial charge in [-0.3, -0.25) is 4.79 Å². The molecule has 0 saturated heterocycles. The zero-order valence-electron chi connectivity index (χ0n) is 12.8. The summed E-state index contributed by atoms with van der Waals surface area (Å²) in [6.45, 7) is 1.98. The molecule has 0 aliphatic rings. The molecule has 1 N–H and O–H groups in total. The highest BCUT2D eigenvalue weighted by atomic mass is 32.2. The molecule has 1 heterocycles. The second-order valence-electron chi connectivity index (χ2n) is 5.06. The van der Waals surface area contributed by atoms with Crippen molar-refractivity contribution in [3.05, 3.63) is 65.5 Å². The van der Waals surface area contributed by atoms with Crippen molar-refractivity contribution < 1.29 is 9.18 Å². The molecule has 3 rings (SSSR count). The van der Waals surface area contributed by atoms with Gasteiger partial charge in [-0.2, -0.15) is 0 Å². The van der Waals surface area contributed by atoms with Crippen LogP contribution in [0.4, 0.5) is 15.2 Å². The molecule has 0 aliphatic carbocycles. The molecule has 0 fully saturated rings. The van der Waals surface area contributed by atoms with Crippen molar-refractivity contribution in [1.29, 1.82) is 0 Å². The van der Waals surface area contributed by atoms with Crippen LogP contribution in [0.25, 0.3) is 0 Å².